The first kappa shape index (κ1) is 24.6. The molecule has 4 rings (SSSR count). The Morgan fingerprint density at radius 1 is 1.09 bits per heavy atom. The molecule has 0 radical (unpaired) electrons. The molecule has 1 saturated heterocycles. The number of carbonyl (C=O) groups is 1. The van der Waals surface area contributed by atoms with E-state index in [0.717, 1.165) is 36.6 Å². The molecule has 1 aliphatic rings. The van der Waals surface area contributed by atoms with E-state index in [9.17, 15) is 17.6 Å². The van der Waals surface area contributed by atoms with Crippen LogP contribution in [0.3, 0.4) is 0 Å². The molecule has 1 fully saturated rings. The minimum Gasteiger partial charge on any atom is -0.372 e. The van der Waals surface area contributed by atoms with Crippen molar-refractivity contribution < 1.29 is 22.3 Å². The highest BCUT2D eigenvalue weighted by molar-refractivity contribution is 7.92. The second-order valence-electron chi connectivity index (χ2n) is 8.51. The Labute approximate surface area is 204 Å². The SMILES string of the molecule is CC1CN(c2ccc(CNC(=O)c3cccc(S(=O)(=O)Nc4ccc(F)cc4)c3)cn2)CC(C)O1. The van der Waals surface area contributed by atoms with E-state index in [4.69, 9.17) is 4.74 Å². The quantitative estimate of drug-likeness (QED) is 0.517. The summed E-state index contributed by atoms with van der Waals surface area (Å²) >= 11 is 0. The van der Waals surface area contributed by atoms with Crippen LogP contribution >= 0.6 is 0 Å². The van der Waals surface area contributed by atoms with E-state index in [1.165, 1.54) is 36.4 Å². The zero-order chi connectivity index (χ0) is 25.0. The van der Waals surface area contributed by atoms with Gasteiger partial charge in [-0.3, -0.25) is 9.52 Å². The summed E-state index contributed by atoms with van der Waals surface area (Å²) in [6, 6.07) is 14.5. The van der Waals surface area contributed by atoms with Gasteiger partial charge >= 0.3 is 0 Å². The first-order valence-corrected chi connectivity index (χ1v) is 12.7. The highest BCUT2D eigenvalue weighted by Crippen LogP contribution is 2.19. The second kappa shape index (κ2) is 10.4. The number of anilines is 2. The minimum atomic E-state index is -3.95. The van der Waals surface area contributed by atoms with Gasteiger partial charge in [-0.2, -0.15) is 0 Å². The molecule has 0 bridgehead atoms. The molecule has 1 amide bonds. The van der Waals surface area contributed by atoms with Crippen LogP contribution in [-0.2, 0) is 21.3 Å². The third-order valence-electron chi connectivity index (χ3n) is 5.51. The maximum absolute atomic E-state index is 13.1. The molecule has 0 saturated carbocycles. The van der Waals surface area contributed by atoms with Crippen LogP contribution in [0.2, 0.25) is 0 Å². The summed E-state index contributed by atoms with van der Waals surface area (Å²) in [5.41, 5.74) is 1.24. The van der Waals surface area contributed by atoms with Crippen molar-refractivity contribution in [3.63, 3.8) is 0 Å². The number of morpholine rings is 1. The highest BCUT2D eigenvalue weighted by Gasteiger charge is 2.23. The lowest BCUT2D eigenvalue weighted by Gasteiger charge is -2.36. The molecule has 3 aromatic rings. The minimum absolute atomic E-state index is 0.0746. The van der Waals surface area contributed by atoms with E-state index < -0.39 is 21.7 Å². The molecule has 0 aliphatic carbocycles. The molecule has 184 valence electrons. The smallest absolute Gasteiger partial charge is 0.261 e. The van der Waals surface area contributed by atoms with Crippen molar-refractivity contribution in [1.29, 1.82) is 0 Å². The van der Waals surface area contributed by atoms with Crippen LogP contribution in [0.5, 0.6) is 0 Å². The number of sulfonamides is 1. The Kier molecular flexibility index (Phi) is 7.32. The van der Waals surface area contributed by atoms with Crippen molar-refractivity contribution in [1.82, 2.24) is 10.3 Å². The van der Waals surface area contributed by atoms with Gasteiger partial charge in [-0.25, -0.2) is 17.8 Å². The van der Waals surface area contributed by atoms with E-state index in [1.807, 2.05) is 26.0 Å². The summed E-state index contributed by atoms with van der Waals surface area (Å²) in [5.74, 6) is -0.0286. The van der Waals surface area contributed by atoms with Gasteiger partial charge in [0.2, 0.25) is 0 Å². The standard InChI is InChI=1S/C25H27FN4O4S/c1-17-15-30(16-18(2)34-17)24-11-6-19(13-27-24)14-28-25(31)20-4-3-5-23(12-20)35(32,33)29-22-9-7-21(26)8-10-22/h3-13,17-18,29H,14-16H2,1-2H3,(H,28,31). The van der Waals surface area contributed by atoms with Crippen LogP contribution in [0.4, 0.5) is 15.9 Å². The Balaban J connectivity index is 1.38. The number of benzene rings is 2. The fourth-order valence-corrected chi connectivity index (χ4v) is 5.00. The zero-order valence-corrected chi connectivity index (χ0v) is 20.3. The van der Waals surface area contributed by atoms with Crippen molar-refractivity contribution in [3.8, 4) is 0 Å². The average molecular weight is 499 g/mol. The topological polar surface area (TPSA) is 101 Å². The van der Waals surface area contributed by atoms with Crippen molar-refractivity contribution >= 4 is 27.4 Å². The summed E-state index contributed by atoms with van der Waals surface area (Å²) in [6.45, 7) is 5.84. The van der Waals surface area contributed by atoms with Gasteiger partial charge in [0.15, 0.2) is 0 Å². The first-order valence-electron chi connectivity index (χ1n) is 11.2. The van der Waals surface area contributed by atoms with Gasteiger partial charge in [-0.05, 0) is 67.9 Å². The third kappa shape index (κ3) is 6.34. The molecule has 1 aliphatic heterocycles. The molecular formula is C25H27FN4O4S. The first-order chi connectivity index (χ1) is 16.7. The van der Waals surface area contributed by atoms with Gasteiger partial charge in [0.25, 0.3) is 15.9 Å². The van der Waals surface area contributed by atoms with E-state index >= 15 is 0 Å². The molecule has 2 heterocycles. The van der Waals surface area contributed by atoms with Crippen LogP contribution in [0, 0.1) is 5.82 Å². The summed E-state index contributed by atoms with van der Waals surface area (Å²) in [5, 5.41) is 2.79. The lowest BCUT2D eigenvalue weighted by molar-refractivity contribution is -0.00546. The summed E-state index contributed by atoms with van der Waals surface area (Å²) in [4.78, 5) is 19.3. The number of amides is 1. The van der Waals surface area contributed by atoms with Crippen LogP contribution < -0.4 is 14.9 Å². The molecule has 0 spiro atoms. The number of ether oxygens (including phenoxy) is 1. The van der Waals surface area contributed by atoms with Crippen molar-refractivity contribution in [2.24, 2.45) is 0 Å². The fraction of sp³-hybridized carbons (Fsp3) is 0.280. The van der Waals surface area contributed by atoms with Crippen molar-refractivity contribution in [2.45, 2.75) is 37.5 Å². The number of nitrogens with one attached hydrogen (secondary N) is 2. The van der Waals surface area contributed by atoms with Crippen LogP contribution in [0.25, 0.3) is 0 Å². The van der Waals surface area contributed by atoms with Crippen LogP contribution in [0.15, 0.2) is 71.8 Å². The van der Waals surface area contributed by atoms with Gasteiger partial charge in [-0.15, -0.1) is 0 Å². The van der Waals surface area contributed by atoms with Crippen LogP contribution in [0.1, 0.15) is 29.8 Å². The molecule has 35 heavy (non-hydrogen) atoms. The Bertz CT molecular complexity index is 1270. The number of pyridine rings is 1. The predicted molar refractivity (Wildman–Crippen MR) is 131 cm³/mol. The Hall–Kier alpha value is -3.50. The zero-order valence-electron chi connectivity index (χ0n) is 19.4. The molecule has 2 aromatic carbocycles. The van der Waals surface area contributed by atoms with Gasteiger partial charge in [0, 0.05) is 37.1 Å². The van der Waals surface area contributed by atoms with E-state index in [2.05, 4.69) is 19.9 Å². The molecule has 2 unspecified atom stereocenters. The number of aromatic nitrogens is 1. The maximum Gasteiger partial charge on any atom is 0.261 e. The summed E-state index contributed by atoms with van der Waals surface area (Å²) in [6.07, 6.45) is 1.98. The monoisotopic (exact) mass is 498 g/mol. The molecular weight excluding hydrogens is 471 g/mol. The van der Waals surface area contributed by atoms with Gasteiger partial charge in [0.1, 0.15) is 11.6 Å². The van der Waals surface area contributed by atoms with E-state index in [1.54, 1.807) is 6.20 Å². The number of rotatable bonds is 7. The Morgan fingerprint density at radius 2 is 1.80 bits per heavy atom. The van der Waals surface area contributed by atoms with Gasteiger partial charge in [-0.1, -0.05) is 12.1 Å². The van der Waals surface area contributed by atoms with Crippen LogP contribution in [-0.4, -0.2) is 44.6 Å². The summed E-state index contributed by atoms with van der Waals surface area (Å²) in [7, 11) is -3.95. The number of halogens is 1. The van der Waals surface area contributed by atoms with Crippen molar-refractivity contribution in [2.75, 3.05) is 22.7 Å². The number of hydrogen-bond donors (Lipinski definition) is 2. The normalized spacial score (nSPS) is 18.2. The number of hydrogen-bond acceptors (Lipinski definition) is 6. The van der Waals surface area contributed by atoms with Crippen molar-refractivity contribution in [3.05, 3.63) is 83.8 Å². The summed E-state index contributed by atoms with van der Waals surface area (Å²) < 4.78 is 46.6. The van der Waals surface area contributed by atoms with Gasteiger partial charge in [0.05, 0.1) is 17.1 Å². The van der Waals surface area contributed by atoms with E-state index in [0.29, 0.717) is 0 Å². The largest absolute Gasteiger partial charge is 0.372 e. The Morgan fingerprint density at radius 3 is 2.46 bits per heavy atom. The number of nitrogens with zero attached hydrogens (tertiary/aromatic N) is 2. The third-order valence-corrected chi connectivity index (χ3v) is 6.89. The molecule has 10 heteroatoms. The average Bonchev–Trinajstić information content (AvgIpc) is 2.83. The molecule has 2 N–H and O–H groups in total. The maximum atomic E-state index is 13.1. The molecule has 8 nitrogen and oxygen atoms in total. The lowest BCUT2D eigenvalue weighted by atomic mass is 10.2. The molecule has 1 aromatic heterocycles. The second-order valence-corrected chi connectivity index (χ2v) is 10.2. The van der Waals surface area contributed by atoms with Gasteiger partial charge < -0.3 is 15.0 Å². The van der Waals surface area contributed by atoms with E-state index in [-0.39, 0.29) is 34.9 Å². The fourth-order valence-electron chi connectivity index (χ4n) is 3.89. The lowest BCUT2D eigenvalue weighted by Crippen LogP contribution is -2.45. The highest BCUT2D eigenvalue weighted by atomic mass is 32.2. The predicted octanol–water partition coefficient (Wildman–Crippen LogP) is 3.57. The number of carbonyl (C=O) groups excluding carboxylic acids is 1. The molecule has 2 atom stereocenters.